The molecule has 1 amide bonds. The molecule has 0 radical (unpaired) electrons. The van der Waals surface area contributed by atoms with Crippen molar-refractivity contribution in [3.8, 4) is 0 Å². The van der Waals surface area contributed by atoms with E-state index in [1.54, 1.807) is 11.1 Å². The van der Waals surface area contributed by atoms with Crippen LogP contribution in [-0.2, 0) is 23.1 Å². The predicted octanol–water partition coefficient (Wildman–Crippen LogP) is 3.95. The van der Waals surface area contributed by atoms with E-state index >= 15 is 0 Å². The van der Waals surface area contributed by atoms with Crippen LogP contribution in [0.3, 0.4) is 0 Å². The third-order valence-electron chi connectivity index (χ3n) is 7.10. The average molecular weight is 361 g/mol. The largest absolute Gasteiger partial charge is 0.312 e. The molecule has 0 saturated carbocycles. The van der Waals surface area contributed by atoms with Gasteiger partial charge in [-0.3, -0.25) is 4.79 Å². The molecule has 0 N–H and O–H groups in total. The molecule has 1 aliphatic carbocycles. The predicted molar refractivity (Wildman–Crippen MR) is 109 cm³/mol. The van der Waals surface area contributed by atoms with Crippen molar-refractivity contribution >= 4 is 11.6 Å². The van der Waals surface area contributed by atoms with Gasteiger partial charge in [0.05, 0.1) is 0 Å². The van der Waals surface area contributed by atoms with Crippen LogP contribution in [0.25, 0.3) is 0 Å². The van der Waals surface area contributed by atoms with E-state index in [1.807, 2.05) is 11.0 Å². The Morgan fingerprint density at radius 1 is 0.852 bits per heavy atom. The number of carbonyl (C=O) groups is 1. The zero-order chi connectivity index (χ0) is 18.3. The van der Waals surface area contributed by atoms with Crippen molar-refractivity contribution in [2.24, 2.45) is 0 Å². The van der Waals surface area contributed by atoms with Crippen LogP contribution in [0.15, 0.2) is 48.5 Å². The van der Waals surface area contributed by atoms with Crippen molar-refractivity contribution < 1.29 is 4.79 Å². The molecule has 27 heavy (non-hydrogen) atoms. The summed E-state index contributed by atoms with van der Waals surface area (Å²) in [7, 11) is 0. The first-order valence-electron chi connectivity index (χ1n) is 10.4. The third-order valence-corrected chi connectivity index (χ3v) is 7.10. The summed E-state index contributed by atoms with van der Waals surface area (Å²) in [6.07, 6.45) is 6.66. The van der Waals surface area contributed by atoms with Gasteiger partial charge in [0, 0.05) is 25.2 Å². The van der Waals surface area contributed by atoms with Gasteiger partial charge in [-0.2, -0.15) is 0 Å². The maximum atomic E-state index is 12.8. The highest BCUT2D eigenvalue weighted by Crippen LogP contribution is 2.46. The number of para-hydroxylation sites is 1. The smallest absolute Gasteiger partial charge is 0.228 e. The summed E-state index contributed by atoms with van der Waals surface area (Å²) in [5.74, 6) is 0.284. The Kier molecular flexibility index (Phi) is 4.28. The fraction of sp³-hybridized carbons (Fsp3) is 0.458. The van der Waals surface area contributed by atoms with E-state index in [9.17, 15) is 4.79 Å². The number of carbonyl (C=O) groups excluding carboxylic acids is 1. The number of benzene rings is 2. The molecule has 0 unspecified atom stereocenters. The van der Waals surface area contributed by atoms with Crippen molar-refractivity contribution in [1.29, 1.82) is 0 Å². The summed E-state index contributed by atoms with van der Waals surface area (Å²) in [4.78, 5) is 17.3. The number of nitrogens with zero attached hydrogens (tertiary/aromatic N) is 2. The van der Waals surface area contributed by atoms with E-state index in [4.69, 9.17) is 0 Å². The van der Waals surface area contributed by atoms with Crippen LogP contribution in [-0.4, -0.2) is 37.0 Å². The first kappa shape index (κ1) is 17.0. The molecule has 0 atom stereocenters. The van der Waals surface area contributed by atoms with Crippen LogP contribution in [0, 0.1) is 0 Å². The number of hydrogen-bond donors (Lipinski definition) is 0. The highest BCUT2D eigenvalue weighted by Gasteiger charge is 2.40. The summed E-state index contributed by atoms with van der Waals surface area (Å²) in [5.41, 5.74) is 6.02. The first-order valence-corrected chi connectivity index (χ1v) is 10.4. The summed E-state index contributed by atoms with van der Waals surface area (Å²) in [6.45, 7) is 3.99. The van der Waals surface area contributed by atoms with Crippen LogP contribution < -0.4 is 4.90 Å². The quantitative estimate of drug-likeness (QED) is 0.828. The first-order chi connectivity index (χ1) is 13.3. The Morgan fingerprint density at radius 2 is 1.59 bits per heavy atom. The highest BCUT2D eigenvalue weighted by molar-refractivity contribution is 5.95. The maximum absolute atomic E-state index is 12.8. The second-order valence-electron chi connectivity index (χ2n) is 8.45. The number of fused-ring (bicyclic) bond motifs is 3. The maximum Gasteiger partial charge on any atom is 0.228 e. The number of rotatable bonds is 3. The summed E-state index contributed by atoms with van der Waals surface area (Å²) in [6, 6.07) is 17.4. The molecule has 1 spiro atoms. The SMILES string of the molecule is O=C(CCN1CCC2(CCc3ccccc32)CC1)N1CCc2ccccc21. The van der Waals surface area contributed by atoms with Crippen molar-refractivity contribution in [3.05, 3.63) is 65.2 Å². The van der Waals surface area contributed by atoms with Crippen molar-refractivity contribution in [1.82, 2.24) is 4.90 Å². The second-order valence-corrected chi connectivity index (χ2v) is 8.45. The van der Waals surface area contributed by atoms with Gasteiger partial charge in [-0.1, -0.05) is 42.5 Å². The zero-order valence-corrected chi connectivity index (χ0v) is 16.0. The monoisotopic (exact) mass is 360 g/mol. The van der Waals surface area contributed by atoms with Crippen molar-refractivity contribution in [2.75, 3.05) is 31.1 Å². The molecule has 1 fully saturated rings. The summed E-state index contributed by atoms with van der Waals surface area (Å²) < 4.78 is 0. The number of likely N-dealkylation sites (tertiary alicyclic amines) is 1. The van der Waals surface area contributed by atoms with Crippen molar-refractivity contribution in [2.45, 2.75) is 43.9 Å². The Balaban J connectivity index is 1.17. The molecule has 3 heteroatoms. The number of aryl methyl sites for hydroxylation is 1. The van der Waals surface area contributed by atoms with Gasteiger partial charge in [0.25, 0.3) is 0 Å². The minimum atomic E-state index is 0.284. The molecule has 5 rings (SSSR count). The molecule has 2 aromatic carbocycles. The Hall–Kier alpha value is -2.13. The van der Waals surface area contributed by atoms with Gasteiger partial charge in [-0.15, -0.1) is 0 Å². The molecule has 0 aromatic heterocycles. The zero-order valence-electron chi connectivity index (χ0n) is 16.0. The van der Waals surface area contributed by atoms with Gasteiger partial charge < -0.3 is 9.80 Å². The van der Waals surface area contributed by atoms with Gasteiger partial charge in [-0.05, 0) is 73.4 Å². The molecule has 0 bridgehead atoms. The fourth-order valence-electron chi connectivity index (χ4n) is 5.47. The van der Waals surface area contributed by atoms with Gasteiger partial charge in [-0.25, -0.2) is 0 Å². The number of amides is 1. The molecule has 140 valence electrons. The standard InChI is InChI=1S/C24H28N2O/c27-23(26-16-10-20-6-2-4-8-22(20)26)11-15-25-17-13-24(14-18-25)12-9-19-5-1-3-7-21(19)24/h1-8H,9-18H2. The Bertz CT molecular complexity index is 851. The lowest BCUT2D eigenvalue weighted by atomic mass is 9.74. The van der Waals surface area contributed by atoms with Crippen LogP contribution >= 0.6 is 0 Å². The van der Waals surface area contributed by atoms with E-state index in [0.29, 0.717) is 11.8 Å². The molecular weight excluding hydrogens is 332 g/mol. The molecule has 3 nitrogen and oxygen atoms in total. The number of anilines is 1. The van der Waals surface area contributed by atoms with Gasteiger partial charge in [0.1, 0.15) is 0 Å². The van der Waals surface area contributed by atoms with E-state index < -0.39 is 0 Å². The molecular formula is C24H28N2O. The van der Waals surface area contributed by atoms with Crippen LogP contribution in [0.1, 0.15) is 42.4 Å². The average Bonchev–Trinajstić information content (AvgIpc) is 3.30. The van der Waals surface area contributed by atoms with E-state index in [1.165, 1.54) is 31.2 Å². The van der Waals surface area contributed by atoms with E-state index in [2.05, 4.69) is 47.4 Å². The fourth-order valence-corrected chi connectivity index (χ4v) is 5.47. The molecule has 2 heterocycles. The van der Waals surface area contributed by atoms with Gasteiger partial charge in [0.2, 0.25) is 5.91 Å². The van der Waals surface area contributed by atoms with Crippen molar-refractivity contribution in [3.63, 3.8) is 0 Å². The highest BCUT2D eigenvalue weighted by atomic mass is 16.2. The lowest BCUT2D eigenvalue weighted by Crippen LogP contribution is -2.43. The number of piperidine rings is 1. The van der Waals surface area contributed by atoms with E-state index in [0.717, 1.165) is 38.3 Å². The normalized spacial score (nSPS) is 20.7. The molecule has 2 aliphatic heterocycles. The van der Waals surface area contributed by atoms with Crippen LogP contribution in [0.5, 0.6) is 0 Å². The second kappa shape index (κ2) is 6.79. The topological polar surface area (TPSA) is 23.6 Å². The van der Waals surface area contributed by atoms with Gasteiger partial charge in [0.15, 0.2) is 0 Å². The minimum Gasteiger partial charge on any atom is -0.312 e. The third kappa shape index (κ3) is 2.98. The Labute approximate surface area is 162 Å². The lowest BCUT2D eigenvalue weighted by Gasteiger charge is -2.40. The van der Waals surface area contributed by atoms with Crippen LogP contribution in [0.2, 0.25) is 0 Å². The molecule has 2 aromatic rings. The number of hydrogen-bond acceptors (Lipinski definition) is 2. The summed E-state index contributed by atoms with van der Waals surface area (Å²) >= 11 is 0. The van der Waals surface area contributed by atoms with E-state index in [-0.39, 0.29) is 5.91 Å². The minimum absolute atomic E-state index is 0.284. The Morgan fingerprint density at radius 3 is 2.44 bits per heavy atom. The van der Waals surface area contributed by atoms with Gasteiger partial charge >= 0.3 is 0 Å². The molecule has 3 aliphatic rings. The summed E-state index contributed by atoms with van der Waals surface area (Å²) in [5, 5.41) is 0. The van der Waals surface area contributed by atoms with Crippen LogP contribution in [0.4, 0.5) is 5.69 Å². The molecule has 1 saturated heterocycles. The lowest BCUT2D eigenvalue weighted by molar-refractivity contribution is -0.118.